The molecule has 4 heteroatoms. The van der Waals surface area contributed by atoms with Crippen molar-refractivity contribution in [1.82, 2.24) is 4.98 Å². The van der Waals surface area contributed by atoms with Gasteiger partial charge in [0.2, 0.25) is 0 Å². The molecule has 0 saturated heterocycles. The third-order valence-corrected chi connectivity index (χ3v) is 3.25. The molecule has 90 valence electrons. The van der Waals surface area contributed by atoms with E-state index in [2.05, 4.69) is 45.3 Å². The number of rotatable bonds is 4. The summed E-state index contributed by atoms with van der Waals surface area (Å²) in [6, 6.07) is 8.49. The number of hydrogen-bond donors (Lipinski definition) is 2. The number of fused-ring (bicyclic) bond motifs is 1. The maximum atomic E-state index is 5.71. The largest absolute Gasteiger partial charge is 0.379 e. The number of nitrogens with zero attached hydrogens (tertiary/aromatic N) is 1. The fourth-order valence-corrected chi connectivity index (χ4v) is 2.15. The monoisotopic (exact) mass is 293 g/mol. The van der Waals surface area contributed by atoms with Crippen molar-refractivity contribution >= 4 is 32.5 Å². The smallest absolute Gasteiger partial charge is 0.0934 e. The summed E-state index contributed by atoms with van der Waals surface area (Å²) in [6.07, 6.45) is 2.82. The molecule has 2 rings (SSSR count). The Morgan fingerprint density at radius 1 is 1.47 bits per heavy atom. The third-order valence-electron chi connectivity index (χ3n) is 2.81. The average Bonchev–Trinajstić information content (AvgIpc) is 2.35. The number of aromatic nitrogens is 1. The zero-order chi connectivity index (χ0) is 12.3. The Labute approximate surface area is 110 Å². The van der Waals surface area contributed by atoms with Crippen LogP contribution in [0.15, 0.2) is 34.9 Å². The van der Waals surface area contributed by atoms with Gasteiger partial charge in [0.1, 0.15) is 0 Å². The average molecular weight is 294 g/mol. The van der Waals surface area contributed by atoms with Gasteiger partial charge in [-0.25, -0.2) is 0 Å². The van der Waals surface area contributed by atoms with Crippen molar-refractivity contribution in [3.63, 3.8) is 0 Å². The molecule has 0 spiro atoms. The van der Waals surface area contributed by atoms with Gasteiger partial charge < -0.3 is 11.1 Å². The molecule has 1 unspecified atom stereocenters. The number of nitrogens with two attached hydrogens (primary N) is 1. The molecule has 0 aliphatic heterocycles. The fraction of sp³-hybridized carbons (Fsp3) is 0.308. The van der Waals surface area contributed by atoms with E-state index >= 15 is 0 Å². The number of para-hydroxylation sites is 1. The van der Waals surface area contributed by atoms with Gasteiger partial charge in [-0.1, -0.05) is 19.1 Å². The molecule has 1 atom stereocenters. The minimum Gasteiger partial charge on any atom is -0.379 e. The Kier molecular flexibility index (Phi) is 3.97. The van der Waals surface area contributed by atoms with E-state index in [-0.39, 0.29) is 0 Å². The second-order valence-corrected chi connectivity index (χ2v) is 4.93. The molecule has 0 amide bonds. The summed E-state index contributed by atoms with van der Waals surface area (Å²) in [4.78, 5) is 4.45. The van der Waals surface area contributed by atoms with Crippen LogP contribution < -0.4 is 11.1 Å². The van der Waals surface area contributed by atoms with Gasteiger partial charge in [0.05, 0.1) is 11.2 Å². The lowest BCUT2D eigenvalue weighted by Gasteiger charge is -2.17. The first-order valence-electron chi connectivity index (χ1n) is 5.75. The minimum atomic E-state index is 0.297. The van der Waals surface area contributed by atoms with Crippen LogP contribution >= 0.6 is 15.9 Å². The predicted octanol–water partition coefficient (Wildman–Crippen LogP) is 3.15. The van der Waals surface area contributed by atoms with E-state index in [0.717, 1.165) is 27.5 Å². The molecule has 3 nitrogen and oxygen atoms in total. The molecule has 17 heavy (non-hydrogen) atoms. The standard InChI is InChI=1S/C13H16BrN3/c1-2-11(7-15)17-12-5-3-4-9-6-10(14)8-16-13(9)12/h3-6,8,11,17H,2,7,15H2,1H3. The van der Waals surface area contributed by atoms with E-state index in [0.29, 0.717) is 12.6 Å². The molecular weight excluding hydrogens is 278 g/mol. The van der Waals surface area contributed by atoms with Gasteiger partial charge >= 0.3 is 0 Å². The van der Waals surface area contributed by atoms with Crippen LogP contribution in [0.2, 0.25) is 0 Å². The van der Waals surface area contributed by atoms with Crippen LogP contribution in [0.4, 0.5) is 5.69 Å². The van der Waals surface area contributed by atoms with E-state index in [4.69, 9.17) is 5.73 Å². The van der Waals surface area contributed by atoms with Crippen LogP contribution in [-0.2, 0) is 0 Å². The molecule has 1 aromatic carbocycles. The minimum absolute atomic E-state index is 0.297. The normalized spacial score (nSPS) is 12.6. The first-order valence-corrected chi connectivity index (χ1v) is 6.54. The Hall–Kier alpha value is -1.13. The van der Waals surface area contributed by atoms with Crippen molar-refractivity contribution in [2.45, 2.75) is 19.4 Å². The topological polar surface area (TPSA) is 50.9 Å². The van der Waals surface area contributed by atoms with Crippen LogP contribution in [0, 0.1) is 0 Å². The summed E-state index contributed by atoms with van der Waals surface area (Å²) in [5.41, 5.74) is 7.75. The van der Waals surface area contributed by atoms with Crippen molar-refractivity contribution in [2.75, 3.05) is 11.9 Å². The number of pyridine rings is 1. The van der Waals surface area contributed by atoms with Gasteiger partial charge in [0.25, 0.3) is 0 Å². The second kappa shape index (κ2) is 5.47. The summed E-state index contributed by atoms with van der Waals surface area (Å²) < 4.78 is 0.994. The highest BCUT2D eigenvalue weighted by atomic mass is 79.9. The number of halogens is 1. The van der Waals surface area contributed by atoms with Crippen molar-refractivity contribution in [2.24, 2.45) is 5.73 Å². The van der Waals surface area contributed by atoms with E-state index in [1.54, 1.807) is 0 Å². The summed E-state index contributed by atoms with van der Waals surface area (Å²) in [5, 5.41) is 4.56. The fourth-order valence-electron chi connectivity index (χ4n) is 1.80. The van der Waals surface area contributed by atoms with Gasteiger partial charge in [0, 0.05) is 28.6 Å². The SMILES string of the molecule is CCC(CN)Nc1cccc2cc(Br)cnc12. The Morgan fingerprint density at radius 3 is 3.00 bits per heavy atom. The van der Waals surface area contributed by atoms with Gasteiger partial charge in [-0.05, 0) is 34.5 Å². The summed E-state index contributed by atoms with van der Waals surface area (Å²) in [7, 11) is 0. The van der Waals surface area contributed by atoms with Crippen molar-refractivity contribution in [1.29, 1.82) is 0 Å². The van der Waals surface area contributed by atoms with Gasteiger partial charge in [-0.15, -0.1) is 0 Å². The predicted molar refractivity (Wildman–Crippen MR) is 76.2 cm³/mol. The third kappa shape index (κ3) is 2.76. The lowest BCUT2D eigenvalue weighted by Crippen LogP contribution is -2.28. The number of nitrogens with one attached hydrogen (secondary N) is 1. The molecule has 1 heterocycles. The summed E-state index contributed by atoms with van der Waals surface area (Å²) in [6.45, 7) is 2.75. The van der Waals surface area contributed by atoms with Crippen molar-refractivity contribution in [3.05, 3.63) is 34.9 Å². The van der Waals surface area contributed by atoms with Crippen LogP contribution in [0.25, 0.3) is 10.9 Å². The zero-order valence-electron chi connectivity index (χ0n) is 9.78. The van der Waals surface area contributed by atoms with Gasteiger partial charge in [-0.3, -0.25) is 4.98 Å². The highest BCUT2D eigenvalue weighted by molar-refractivity contribution is 9.10. The van der Waals surface area contributed by atoms with E-state index in [1.165, 1.54) is 0 Å². The molecule has 0 fully saturated rings. The van der Waals surface area contributed by atoms with Gasteiger partial charge in [-0.2, -0.15) is 0 Å². The Bertz CT molecular complexity index is 509. The maximum absolute atomic E-state index is 5.71. The molecule has 0 aliphatic rings. The molecule has 2 aromatic rings. The molecule has 0 bridgehead atoms. The molecule has 0 aliphatic carbocycles. The van der Waals surface area contributed by atoms with Crippen LogP contribution in [-0.4, -0.2) is 17.6 Å². The van der Waals surface area contributed by atoms with E-state index < -0.39 is 0 Å². The highest BCUT2D eigenvalue weighted by Crippen LogP contribution is 2.24. The summed E-state index contributed by atoms with van der Waals surface area (Å²) >= 11 is 3.43. The molecular formula is C13H16BrN3. The highest BCUT2D eigenvalue weighted by Gasteiger charge is 2.07. The Morgan fingerprint density at radius 2 is 2.29 bits per heavy atom. The van der Waals surface area contributed by atoms with E-state index in [9.17, 15) is 0 Å². The number of anilines is 1. The molecule has 0 radical (unpaired) electrons. The summed E-state index contributed by atoms with van der Waals surface area (Å²) in [5.74, 6) is 0. The zero-order valence-corrected chi connectivity index (χ0v) is 11.4. The van der Waals surface area contributed by atoms with Gasteiger partial charge in [0.15, 0.2) is 0 Å². The Balaban J connectivity index is 2.40. The lowest BCUT2D eigenvalue weighted by molar-refractivity contribution is 0.704. The first kappa shape index (κ1) is 12.3. The number of benzene rings is 1. The second-order valence-electron chi connectivity index (χ2n) is 4.02. The van der Waals surface area contributed by atoms with Crippen LogP contribution in [0.3, 0.4) is 0 Å². The maximum Gasteiger partial charge on any atom is 0.0934 e. The van der Waals surface area contributed by atoms with Crippen LogP contribution in [0.5, 0.6) is 0 Å². The van der Waals surface area contributed by atoms with Crippen molar-refractivity contribution < 1.29 is 0 Å². The van der Waals surface area contributed by atoms with E-state index in [1.807, 2.05) is 18.3 Å². The van der Waals surface area contributed by atoms with Crippen molar-refractivity contribution in [3.8, 4) is 0 Å². The van der Waals surface area contributed by atoms with Crippen LogP contribution in [0.1, 0.15) is 13.3 Å². The lowest BCUT2D eigenvalue weighted by atomic mass is 10.1. The number of hydrogen-bond acceptors (Lipinski definition) is 3. The first-order chi connectivity index (χ1) is 8.24. The molecule has 0 saturated carbocycles. The molecule has 3 N–H and O–H groups in total. The molecule has 1 aromatic heterocycles. The quantitative estimate of drug-likeness (QED) is 0.910.